The van der Waals surface area contributed by atoms with Crippen molar-refractivity contribution in [3.8, 4) is 28.2 Å². The molecule has 0 saturated heterocycles. The molecular weight excluding hydrogens is 631 g/mol. The van der Waals surface area contributed by atoms with Gasteiger partial charge < -0.3 is 4.40 Å². The summed E-state index contributed by atoms with van der Waals surface area (Å²) in [5.74, 6) is 0.935. The average Bonchev–Trinajstić information content (AvgIpc) is 3.78. The van der Waals surface area contributed by atoms with Gasteiger partial charge >= 0.3 is 0 Å². The minimum atomic E-state index is 0.935. The number of hydrogen-bond acceptors (Lipinski definition) is 1. The van der Waals surface area contributed by atoms with Gasteiger partial charge in [-0.3, -0.25) is 4.57 Å². The topological polar surface area (TPSA) is 22.2 Å². The van der Waals surface area contributed by atoms with Gasteiger partial charge in [0.25, 0.3) is 0 Å². The van der Waals surface area contributed by atoms with Gasteiger partial charge in [-0.25, -0.2) is 4.98 Å². The maximum Gasteiger partial charge on any atom is 0.145 e. The largest absolute Gasteiger partial charge is 0.308 e. The number of nitrogens with zero attached hydrogens (tertiary/aromatic N) is 3. The molecule has 3 nitrogen and oxygen atoms in total. The van der Waals surface area contributed by atoms with Crippen LogP contribution in [0.5, 0.6) is 0 Å². The summed E-state index contributed by atoms with van der Waals surface area (Å²) in [7, 11) is 0. The van der Waals surface area contributed by atoms with E-state index in [4.69, 9.17) is 4.98 Å². The molecule has 0 N–H and O–H groups in total. The van der Waals surface area contributed by atoms with Crippen molar-refractivity contribution >= 4 is 70.7 Å². The lowest BCUT2D eigenvalue weighted by atomic mass is 9.96. The van der Waals surface area contributed by atoms with Crippen LogP contribution in [0.15, 0.2) is 188 Å². The van der Waals surface area contributed by atoms with Crippen LogP contribution in [0.3, 0.4) is 0 Å². The maximum absolute atomic E-state index is 5.10. The summed E-state index contributed by atoms with van der Waals surface area (Å²) < 4.78 is 4.74. The van der Waals surface area contributed by atoms with Gasteiger partial charge in [-0.15, -0.1) is 0 Å². The Morgan fingerprint density at radius 1 is 0.327 bits per heavy atom. The number of rotatable bonds is 3. The van der Waals surface area contributed by atoms with Crippen molar-refractivity contribution in [2.45, 2.75) is 0 Å². The van der Waals surface area contributed by atoms with Crippen LogP contribution in [-0.2, 0) is 0 Å². The van der Waals surface area contributed by atoms with Crippen LogP contribution in [0, 0.1) is 0 Å². The van der Waals surface area contributed by atoms with E-state index in [2.05, 4.69) is 197 Å². The Balaban J connectivity index is 1.18. The summed E-state index contributed by atoms with van der Waals surface area (Å²) in [5.41, 5.74) is 10.3. The molecule has 3 aromatic heterocycles. The first-order valence-electron chi connectivity index (χ1n) is 17.8. The number of para-hydroxylation sites is 6. The number of hydrogen-bond donors (Lipinski definition) is 0. The second-order valence-corrected chi connectivity index (χ2v) is 13.5. The Labute approximate surface area is 299 Å². The van der Waals surface area contributed by atoms with Crippen molar-refractivity contribution in [1.29, 1.82) is 0 Å². The monoisotopic (exact) mass is 661 g/mol. The van der Waals surface area contributed by atoms with Gasteiger partial charge in [0, 0.05) is 32.8 Å². The van der Waals surface area contributed by atoms with Crippen molar-refractivity contribution in [3.05, 3.63) is 188 Å². The highest BCUT2D eigenvalue weighted by atomic mass is 15.1. The second-order valence-electron chi connectivity index (χ2n) is 13.5. The molecule has 0 saturated carbocycles. The maximum atomic E-state index is 5.10. The molecule has 0 fully saturated rings. The Hall–Kier alpha value is -6.97. The Kier molecular flexibility index (Phi) is 6.25. The fourth-order valence-electron chi connectivity index (χ4n) is 8.39. The van der Waals surface area contributed by atoms with E-state index in [1.54, 1.807) is 0 Å². The third-order valence-electron chi connectivity index (χ3n) is 10.7. The molecule has 242 valence electrons. The van der Waals surface area contributed by atoms with Crippen molar-refractivity contribution in [3.63, 3.8) is 0 Å². The van der Waals surface area contributed by atoms with E-state index < -0.39 is 0 Å². The molecule has 0 amide bonds. The van der Waals surface area contributed by atoms with Crippen LogP contribution in [0.4, 0.5) is 0 Å². The first-order chi connectivity index (χ1) is 25.8. The molecule has 0 unspecified atom stereocenters. The van der Waals surface area contributed by atoms with Gasteiger partial charge in [0.1, 0.15) is 5.82 Å². The van der Waals surface area contributed by atoms with Crippen LogP contribution >= 0.6 is 0 Å². The van der Waals surface area contributed by atoms with E-state index in [9.17, 15) is 0 Å². The number of imidazole rings is 1. The molecule has 52 heavy (non-hydrogen) atoms. The molecule has 8 aromatic carbocycles. The van der Waals surface area contributed by atoms with E-state index >= 15 is 0 Å². The van der Waals surface area contributed by atoms with E-state index in [-0.39, 0.29) is 0 Å². The Morgan fingerprint density at radius 2 is 0.827 bits per heavy atom. The zero-order valence-corrected chi connectivity index (χ0v) is 28.2. The molecule has 0 atom stereocenters. The van der Waals surface area contributed by atoms with Gasteiger partial charge in [-0.1, -0.05) is 146 Å². The van der Waals surface area contributed by atoms with Crippen LogP contribution in [0.1, 0.15) is 0 Å². The number of benzene rings is 8. The molecule has 11 aromatic rings. The summed E-state index contributed by atoms with van der Waals surface area (Å²) in [4.78, 5) is 5.10. The van der Waals surface area contributed by atoms with Crippen LogP contribution < -0.4 is 0 Å². The fraction of sp³-hybridized carbons (Fsp3) is 0. The van der Waals surface area contributed by atoms with Gasteiger partial charge in [-0.05, 0) is 75.1 Å². The lowest BCUT2D eigenvalue weighted by Gasteiger charge is -2.11. The summed E-state index contributed by atoms with van der Waals surface area (Å²) in [6.07, 6.45) is 0. The van der Waals surface area contributed by atoms with Gasteiger partial charge in [-0.2, -0.15) is 0 Å². The third kappa shape index (κ3) is 4.23. The summed E-state index contributed by atoms with van der Waals surface area (Å²) in [5, 5.41) is 9.90. The highest BCUT2D eigenvalue weighted by molar-refractivity contribution is 6.25. The average molecular weight is 662 g/mol. The fourth-order valence-corrected chi connectivity index (χ4v) is 8.39. The Bertz CT molecular complexity index is 3220. The van der Waals surface area contributed by atoms with Crippen molar-refractivity contribution < 1.29 is 0 Å². The molecular formula is C49H31N3. The first-order valence-corrected chi connectivity index (χ1v) is 17.8. The van der Waals surface area contributed by atoms with Gasteiger partial charge in [0.15, 0.2) is 0 Å². The quantitative estimate of drug-likeness (QED) is 0.185. The zero-order valence-electron chi connectivity index (χ0n) is 28.2. The molecule has 3 heteroatoms. The van der Waals surface area contributed by atoms with E-state index in [1.807, 2.05) is 0 Å². The molecule has 0 aliphatic heterocycles. The van der Waals surface area contributed by atoms with E-state index in [0.717, 1.165) is 28.1 Å². The number of fused-ring (bicyclic) bond motifs is 11. The highest BCUT2D eigenvalue weighted by Crippen LogP contribution is 2.40. The standard InChI is InChI=1S/C49H31N3/c1-2-13-35(14-3-1)51-47-24-11-8-21-44(47)50-49(51)33-27-25-32(26-28-33)34-29-30-38-39-17-6-9-22-45(39)52-46-23-10-7-18-40(46)42-20-12-19-41(48(42)52)36-15-4-5-16-37(36)43(38)31-34/h1-31H. The molecule has 0 radical (unpaired) electrons. The van der Waals surface area contributed by atoms with Gasteiger partial charge in [0.05, 0.1) is 27.6 Å². The van der Waals surface area contributed by atoms with E-state index in [0.29, 0.717) is 0 Å². The first kappa shape index (κ1) is 28.8. The van der Waals surface area contributed by atoms with Crippen LogP contribution in [-0.4, -0.2) is 14.0 Å². The highest BCUT2D eigenvalue weighted by Gasteiger charge is 2.17. The second kappa shape index (κ2) is 11.3. The normalized spacial score (nSPS) is 11.8. The van der Waals surface area contributed by atoms with E-state index in [1.165, 1.54) is 70.8 Å². The molecule has 0 aliphatic carbocycles. The zero-order chi connectivity index (χ0) is 34.2. The van der Waals surface area contributed by atoms with Crippen molar-refractivity contribution in [2.75, 3.05) is 0 Å². The molecule has 11 rings (SSSR count). The minimum Gasteiger partial charge on any atom is -0.308 e. The predicted molar refractivity (Wildman–Crippen MR) is 219 cm³/mol. The summed E-state index contributed by atoms with van der Waals surface area (Å²) in [6, 6.07) is 68.1. The van der Waals surface area contributed by atoms with Crippen molar-refractivity contribution in [2.24, 2.45) is 0 Å². The molecule has 3 heterocycles. The van der Waals surface area contributed by atoms with Gasteiger partial charge in [0.2, 0.25) is 0 Å². The Morgan fingerprint density at radius 3 is 1.56 bits per heavy atom. The molecule has 0 bridgehead atoms. The third-order valence-corrected chi connectivity index (χ3v) is 10.7. The number of aromatic nitrogens is 3. The predicted octanol–water partition coefficient (Wildman–Crippen LogP) is 12.9. The summed E-state index contributed by atoms with van der Waals surface area (Å²) in [6.45, 7) is 0. The van der Waals surface area contributed by atoms with Crippen molar-refractivity contribution in [1.82, 2.24) is 14.0 Å². The SMILES string of the molecule is c1ccc(-n2c(-c3ccc(-c4ccc5c(c4)c4ccccc4c4cccc6c7ccccc7n(c7ccccc57)c46)cc3)nc3ccccc32)cc1. The lowest BCUT2D eigenvalue weighted by Crippen LogP contribution is -1.97. The minimum absolute atomic E-state index is 0.935. The lowest BCUT2D eigenvalue weighted by molar-refractivity contribution is 1.10. The van der Waals surface area contributed by atoms with Crippen LogP contribution in [0.2, 0.25) is 0 Å². The van der Waals surface area contributed by atoms with Crippen LogP contribution in [0.25, 0.3) is 98.9 Å². The summed E-state index contributed by atoms with van der Waals surface area (Å²) >= 11 is 0. The smallest absolute Gasteiger partial charge is 0.145 e. The molecule has 0 spiro atoms. The molecule has 0 aliphatic rings.